The molecule has 0 saturated heterocycles. The molecule has 3 aromatic rings. The molecule has 0 amide bonds. The van der Waals surface area contributed by atoms with E-state index in [1.807, 2.05) is 18.2 Å². The van der Waals surface area contributed by atoms with Crippen molar-refractivity contribution in [3.8, 4) is 11.7 Å². The lowest BCUT2D eigenvalue weighted by Gasteiger charge is -2.00. The quantitative estimate of drug-likeness (QED) is 0.370. The molecule has 1 aromatic carbocycles. The summed E-state index contributed by atoms with van der Waals surface area (Å²) in [5, 5.41) is 9.68. The zero-order valence-electron chi connectivity index (χ0n) is 11.7. The molecule has 0 fully saturated rings. The second-order valence-electron chi connectivity index (χ2n) is 5.02. The van der Waals surface area contributed by atoms with Crippen LogP contribution in [0.2, 0.25) is 5.02 Å². The highest BCUT2D eigenvalue weighted by atomic mass is 35.5. The Balaban J connectivity index is 1.69. The Morgan fingerprint density at radius 2 is 1.95 bits per heavy atom. The van der Waals surface area contributed by atoms with Crippen LogP contribution < -0.4 is 0 Å². The zero-order chi connectivity index (χ0) is 15.5. The van der Waals surface area contributed by atoms with Crippen LogP contribution in [0.25, 0.3) is 22.6 Å². The predicted octanol–water partition coefficient (Wildman–Crippen LogP) is 5.03. The van der Waals surface area contributed by atoms with Crippen LogP contribution in [-0.4, -0.2) is 14.8 Å². The largest absolute Gasteiger partial charge is 0.451 e. The number of fused-ring (bicyclic) bond motifs is 1. The summed E-state index contributed by atoms with van der Waals surface area (Å²) in [7, 11) is 0. The molecule has 0 bridgehead atoms. The minimum Gasteiger partial charge on any atom is -0.451 e. The molecule has 0 aliphatic heterocycles. The molecule has 116 valence electrons. The average molecular weight is 355 g/mol. The molecule has 4 nitrogen and oxygen atoms in total. The number of halogens is 1. The normalized spacial score (nSPS) is 11.6. The number of thiol groups is 2. The number of rotatable bonds is 6. The Labute approximate surface area is 144 Å². The maximum absolute atomic E-state index is 5.97. The van der Waals surface area contributed by atoms with Crippen LogP contribution >= 0.6 is 36.9 Å². The molecule has 0 saturated carbocycles. The van der Waals surface area contributed by atoms with Crippen molar-refractivity contribution in [2.45, 2.75) is 30.3 Å². The zero-order valence-corrected chi connectivity index (χ0v) is 14.2. The Kier molecular flexibility index (Phi) is 5.00. The summed E-state index contributed by atoms with van der Waals surface area (Å²) in [6.45, 7) is 0. The van der Waals surface area contributed by atoms with Gasteiger partial charge in [0.15, 0.2) is 5.76 Å². The van der Waals surface area contributed by atoms with E-state index in [0.29, 0.717) is 22.6 Å². The molecule has 0 aliphatic rings. The lowest BCUT2D eigenvalue weighted by Crippen LogP contribution is -1.90. The van der Waals surface area contributed by atoms with Gasteiger partial charge in [-0.2, -0.15) is 25.3 Å². The van der Waals surface area contributed by atoms with Crippen molar-refractivity contribution < 1.29 is 8.83 Å². The monoisotopic (exact) mass is 354 g/mol. The summed E-state index contributed by atoms with van der Waals surface area (Å²) >= 11 is 14.4. The minimum atomic E-state index is 0.126. The molecule has 7 heteroatoms. The van der Waals surface area contributed by atoms with Crippen LogP contribution in [0, 0.1) is 0 Å². The van der Waals surface area contributed by atoms with Crippen LogP contribution in [0.5, 0.6) is 0 Å². The summed E-state index contributed by atoms with van der Waals surface area (Å²) in [4.78, 5) is 0. The highest BCUT2D eigenvalue weighted by molar-refractivity contribution is 7.99. The Morgan fingerprint density at radius 1 is 1.09 bits per heavy atom. The third-order valence-electron chi connectivity index (χ3n) is 3.26. The van der Waals surface area contributed by atoms with E-state index in [4.69, 9.17) is 20.4 Å². The first-order valence-electron chi connectivity index (χ1n) is 7.00. The molecular formula is C15H15ClN2O2S2. The summed E-state index contributed by atoms with van der Waals surface area (Å²) in [5.41, 5.74) is 0.743. The van der Waals surface area contributed by atoms with E-state index >= 15 is 0 Å². The van der Waals surface area contributed by atoms with Gasteiger partial charge < -0.3 is 8.83 Å². The fraction of sp³-hybridized carbons (Fsp3) is 0.333. The lowest BCUT2D eigenvalue weighted by atomic mass is 10.2. The van der Waals surface area contributed by atoms with Gasteiger partial charge >= 0.3 is 0 Å². The first-order valence-corrected chi connectivity index (χ1v) is 8.41. The molecule has 0 aliphatic carbocycles. The number of furan rings is 1. The number of benzene rings is 1. The highest BCUT2D eigenvalue weighted by Gasteiger charge is 2.13. The minimum absolute atomic E-state index is 0.126. The van der Waals surface area contributed by atoms with Gasteiger partial charge in [-0.3, -0.25) is 0 Å². The van der Waals surface area contributed by atoms with Crippen LogP contribution in [0.15, 0.2) is 33.1 Å². The average Bonchev–Trinajstić information content (AvgIpc) is 3.09. The van der Waals surface area contributed by atoms with E-state index in [0.717, 1.165) is 36.7 Å². The Bertz CT molecular complexity index is 770. The lowest BCUT2D eigenvalue weighted by molar-refractivity contribution is 0.477. The Morgan fingerprint density at radius 3 is 2.77 bits per heavy atom. The van der Waals surface area contributed by atoms with E-state index < -0.39 is 0 Å². The predicted molar refractivity (Wildman–Crippen MR) is 93.8 cm³/mol. The van der Waals surface area contributed by atoms with E-state index in [1.54, 1.807) is 6.07 Å². The van der Waals surface area contributed by atoms with Gasteiger partial charge in [-0.25, -0.2) is 0 Å². The van der Waals surface area contributed by atoms with Crippen molar-refractivity contribution in [1.29, 1.82) is 0 Å². The highest BCUT2D eigenvalue weighted by Crippen LogP contribution is 2.29. The van der Waals surface area contributed by atoms with E-state index in [-0.39, 0.29) is 4.58 Å². The van der Waals surface area contributed by atoms with Crippen LogP contribution in [0.4, 0.5) is 0 Å². The topological polar surface area (TPSA) is 52.1 Å². The third kappa shape index (κ3) is 3.80. The van der Waals surface area contributed by atoms with Crippen molar-refractivity contribution in [2.24, 2.45) is 0 Å². The molecule has 0 spiro atoms. The van der Waals surface area contributed by atoms with Crippen molar-refractivity contribution in [3.05, 3.63) is 35.2 Å². The maximum Gasteiger partial charge on any atom is 0.283 e. The van der Waals surface area contributed by atoms with E-state index in [9.17, 15) is 0 Å². The molecule has 22 heavy (non-hydrogen) atoms. The number of unbranched alkanes of at least 4 members (excludes halogenated alkanes) is 1. The van der Waals surface area contributed by atoms with E-state index in [1.165, 1.54) is 0 Å². The van der Waals surface area contributed by atoms with E-state index in [2.05, 4.69) is 35.5 Å². The van der Waals surface area contributed by atoms with Crippen LogP contribution in [0.3, 0.4) is 0 Å². The van der Waals surface area contributed by atoms with Crippen LogP contribution in [-0.2, 0) is 6.42 Å². The van der Waals surface area contributed by atoms with Gasteiger partial charge in [0.05, 0.1) is 0 Å². The second kappa shape index (κ2) is 6.98. The first kappa shape index (κ1) is 15.8. The second-order valence-corrected chi connectivity index (χ2v) is 7.11. The third-order valence-corrected chi connectivity index (χ3v) is 4.01. The molecule has 0 atom stereocenters. The smallest absolute Gasteiger partial charge is 0.283 e. The molecule has 2 aromatic heterocycles. The fourth-order valence-electron chi connectivity index (χ4n) is 2.18. The van der Waals surface area contributed by atoms with Gasteiger partial charge in [0.1, 0.15) is 5.58 Å². The SMILES string of the molecule is SC(S)CCCCc1nnc(-c2cc3cc(Cl)ccc3o2)o1. The van der Waals surface area contributed by atoms with Gasteiger partial charge in [0.2, 0.25) is 5.89 Å². The number of nitrogens with zero attached hydrogens (tertiary/aromatic N) is 2. The Hall–Kier alpha value is -1.11. The van der Waals surface area contributed by atoms with Gasteiger partial charge in [0, 0.05) is 21.4 Å². The van der Waals surface area contributed by atoms with Crippen molar-refractivity contribution >= 4 is 47.8 Å². The summed E-state index contributed by atoms with van der Waals surface area (Å²) in [6, 6.07) is 7.30. The number of hydrogen-bond acceptors (Lipinski definition) is 6. The van der Waals surface area contributed by atoms with Crippen LogP contribution in [0.1, 0.15) is 25.2 Å². The van der Waals surface area contributed by atoms with Crippen molar-refractivity contribution in [2.75, 3.05) is 0 Å². The van der Waals surface area contributed by atoms with Gasteiger partial charge in [-0.05, 0) is 37.1 Å². The molecule has 0 radical (unpaired) electrons. The summed E-state index contributed by atoms with van der Waals surface area (Å²) < 4.78 is 11.5. The molecule has 2 heterocycles. The summed E-state index contributed by atoms with van der Waals surface area (Å²) in [6.07, 6.45) is 3.69. The fourth-order valence-corrected chi connectivity index (χ4v) is 2.72. The van der Waals surface area contributed by atoms with Crippen molar-refractivity contribution in [3.63, 3.8) is 0 Å². The molecule has 0 unspecified atom stereocenters. The molecule has 0 N–H and O–H groups in total. The summed E-state index contributed by atoms with van der Waals surface area (Å²) in [5.74, 6) is 1.56. The van der Waals surface area contributed by atoms with Crippen molar-refractivity contribution in [1.82, 2.24) is 10.2 Å². The first-order chi connectivity index (χ1) is 10.6. The number of hydrogen-bond donors (Lipinski definition) is 2. The van der Waals surface area contributed by atoms with Gasteiger partial charge in [-0.1, -0.05) is 18.0 Å². The van der Waals surface area contributed by atoms with Gasteiger partial charge in [-0.15, -0.1) is 10.2 Å². The number of aromatic nitrogens is 2. The molecular weight excluding hydrogens is 340 g/mol. The standard InChI is InChI=1S/C15H15ClN2O2S2/c16-10-5-6-11-9(7-10)8-12(19-11)15-18-17-13(20-15)3-1-2-4-14(21)22/h5-8,14,21-22H,1-4H2. The maximum atomic E-state index is 5.97. The number of aryl methyl sites for hydroxylation is 1. The molecule has 3 rings (SSSR count). The van der Waals surface area contributed by atoms with Gasteiger partial charge in [0.25, 0.3) is 5.89 Å².